The number of fused-ring (bicyclic) bond motifs is 9. The number of thioether (sulfide) groups is 1. The molecule has 12 rings (SSSR count). The molecule has 5 aromatic carbocycles. The fraction of sp³-hybridized carbons (Fsp3) is 0.0545. The number of nitrogens with zero attached hydrogens (tertiary/aromatic N) is 6. The fourth-order valence-electron chi connectivity index (χ4n) is 9.59. The Morgan fingerprint density at radius 3 is 1.55 bits per heavy atom. The van der Waals surface area contributed by atoms with Gasteiger partial charge in [-0.1, -0.05) is 139 Å². The lowest BCUT2D eigenvalue weighted by Crippen LogP contribution is -2.33. The maximum atomic E-state index is 5.34. The average Bonchev–Trinajstić information content (AvgIpc) is 3.65. The number of hydrogen-bond acceptors (Lipinski definition) is 7. The second-order valence-electron chi connectivity index (χ2n) is 15.7. The van der Waals surface area contributed by atoms with Crippen LogP contribution in [-0.4, -0.2) is 29.9 Å². The first-order valence-electron chi connectivity index (χ1n) is 20.9. The van der Waals surface area contributed by atoms with E-state index in [1.54, 1.807) is 0 Å². The first kappa shape index (κ1) is 36.3. The summed E-state index contributed by atoms with van der Waals surface area (Å²) in [5, 5.41) is 0. The van der Waals surface area contributed by atoms with Crippen molar-refractivity contribution >= 4 is 11.8 Å². The van der Waals surface area contributed by atoms with Gasteiger partial charge in [-0.15, -0.1) is 0 Å². The molecule has 1 aliphatic heterocycles. The molecule has 1 unspecified atom stereocenters. The molecule has 0 N–H and O–H groups in total. The highest BCUT2D eigenvalue weighted by molar-refractivity contribution is 8.03. The summed E-state index contributed by atoms with van der Waals surface area (Å²) in [7, 11) is 0. The van der Waals surface area contributed by atoms with Gasteiger partial charge in [-0.25, -0.2) is 19.9 Å². The van der Waals surface area contributed by atoms with Gasteiger partial charge in [0.1, 0.15) is 0 Å². The predicted octanol–water partition coefficient (Wildman–Crippen LogP) is 13.1. The summed E-state index contributed by atoms with van der Waals surface area (Å²) in [5.74, 6) is 1.89. The van der Waals surface area contributed by atoms with Crippen LogP contribution in [0.4, 0.5) is 0 Å². The Hall–Kier alpha value is -7.61. The molecule has 0 saturated heterocycles. The highest BCUT2D eigenvalue weighted by atomic mass is 32.2. The maximum absolute atomic E-state index is 5.34. The highest BCUT2D eigenvalue weighted by Gasteiger charge is 2.53. The fourth-order valence-corrected chi connectivity index (χ4v) is 10.9. The zero-order valence-corrected chi connectivity index (χ0v) is 34.3. The molecule has 7 heteroatoms. The van der Waals surface area contributed by atoms with Crippen LogP contribution >= 0.6 is 11.8 Å². The number of allylic oxidation sites excluding steroid dienone is 3. The van der Waals surface area contributed by atoms with Crippen LogP contribution < -0.4 is 0 Å². The molecule has 0 saturated carbocycles. The van der Waals surface area contributed by atoms with Gasteiger partial charge in [-0.3, -0.25) is 9.97 Å². The van der Waals surface area contributed by atoms with Gasteiger partial charge in [0.25, 0.3) is 0 Å². The van der Waals surface area contributed by atoms with E-state index in [0.717, 1.165) is 68.7 Å². The Kier molecular flexibility index (Phi) is 8.68. The Morgan fingerprint density at radius 2 is 0.919 bits per heavy atom. The molecule has 0 amide bonds. The molecule has 5 heterocycles. The third-order valence-corrected chi connectivity index (χ3v) is 13.4. The molecule has 0 fully saturated rings. The van der Waals surface area contributed by atoms with Crippen LogP contribution in [0.15, 0.2) is 210 Å². The second-order valence-corrected chi connectivity index (χ2v) is 16.8. The lowest BCUT2D eigenvalue weighted by molar-refractivity contribution is 0.724. The van der Waals surface area contributed by atoms with E-state index in [9.17, 15) is 0 Å². The molecule has 6 nitrogen and oxygen atoms in total. The third kappa shape index (κ3) is 5.80. The van der Waals surface area contributed by atoms with Crippen molar-refractivity contribution in [1.29, 1.82) is 0 Å². The summed E-state index contributed by atoms with van der Waals surface area (Å²) in [4.78, 5) is 32.3. The van der Waals surface area contributed by atoms with E-state index >= 15 is 0 Å². The molecule has 2 aliphatic carbocycles. The van der Waals surface area contributed by atoms with Crippen molar-refractivity contribution in [2.45, 2.75) is 23.2 Å². The average molecular weight is 813 g/mol. The van der Waals surface area contributed by atoms with Crippen LogP contribution in [0.25, 0.3) is 78.9 Å². The van der Waals surface area contributed by atoms with Gasteiger partial charge < -0.3 is 0 Å². The Bertz CT molecular complexity index is 2970. The monoisotopic (exact) mass is 812 g/mol. The molecule has 62 heavy (non-hydrogen) atoms. The van der Waals surface area contributed by atoms with E-state index in [4.69, 9.17) is 19.9 Å². The van der Waals surface area contributed by atoms with E-state index in [2.05, 4.69) is 119 Å². The van der Waals surface area contributed by atoms with Gasteiger partial charge >= 0.3 is 0 Å². The van der Waals surface area contributed by atoms with E-state index in [1.807, 2.05) is 97.2 Å². The first-order valence-corrected chi connectivity index (χ1v) is 21.7. The van der Waals surface area contributed by atoms with Gasteiger partial charge in [0.05, 0.1) is 16.8 Å². The summed E-state index contributed by atoms with van der Waals surface area (Å²) < 4.78 is 0. The van der Waals surface area contributed by atoms with Crippen molar-refractivity contribution in [2.24, 2.45) is 0 Å². The third-order valence-electron chi connectivity index (χ3n) is 12.2. The summed E-state index contributed by atoms with van der Waals surface area (Å²) in [6.45, 7) is 0. The molecule has 3 aliphatic rings. The quantitative estimate of drug-likeness (QED) is 0.165. The molecule has 0 bridgehead atoms. The topological polar surface area (TPSA) is 77.3 Å². The molecular formula is C55H36N6S. The second kappa shape index (κ2) is 14.8. The lowest BCUT2D eigenvalue weighted by Gasteiger charge is -2.42. The summed E-state index contributed by atoms with van der Waals surface area (Å²) >= 11 is 1.89. The normalized spacial score (nSPS) is 15.8. The SMILES string of the molecule is C1=C2Sc3ccccc3C3(C2=CCC1)c1cccc(-c2cc(-c4ccncc4)nc(-c4ccncc4)c2)c1-c1c(-c2nc(-c4ccccc4)nc(-c4ccccc4)n2)cccc13. The molecule has 9 aromatic rings. The Balaban J connectivity index is 1.20. The van der Waals surface area contributed by atoms with Crippen molar-refractivity contribution in [3.63, 3.8) is 0 Å². The van der Waals surface area contributed by atoms with Crippen molar-refractivity contribution in [2.75, 3.05) is 0 Å². The van der Waals surface area contributed by atoms with E-state index < -0.39 is 5.41 Å². The largest absolute Gasteiger partial charge is 0.265 e. The summed E-state index contributed by atoms with van der Waals surface area (Å²) in [5.41, 5.74) is 15.5. The highest BCUT2D eigenvalue weighted by Crippen LogP contribution is 2.66. The van der Waals surface area contributed by atoms with Gasteiger partial charge in [0.2, 0.25) is 0 Å². The smallest absolute Gasteiger partial charge is 0.164 e. The molecule has 1 spiro atoms. The Labute approximate surface area is 363 Å². The minimum absolute atomic E-state index is 0.586. The van der Waals surface area contributed by atoms with Crippen molar-refractivity contribution in [3.8, 4) is 78.9 Å². The number of hydrogen-bond donors (Lipinski definition) is 0. The predicted molar refractivity (Wildman–Crippen MR) is 249 cm³/mol. The molecule has 0 radical (unpaired) electrons. The molecule has 292 valence electrons. The summed E-state index contributed by atoms with van der Waals surface area (Å²) in [6.07, 6.45) is 14.2. The van der Waals surface area contributed by atoms with Crippen molar-refractivity contribution < 1.29 is 0 Å². The number of benzene rings is 5. The van der Waals surface area contributed by atoms with Crippen molar-refractivity contribution in [1.82, 2.24) is 29.9 Å². The lowest BCUT2D eigenvalue weighted by atomic mass is 9.65. The van der Waals surface area contributed by atoms with Crippen LogP contribution in [0, 0.1) is 0 Å². The van der Waals surface area contributed by atoms with Crippen LogP contribution in [0.1, 0.15) is 29.5 Å². The standard InChI is InChI=1S/C55H36N6S/c1-3-13-37(14-4-1)52-59-53(38-15-5-2-6-16-38)61-54(60-52)41-18-12-22-45-51(41)50-40(39-33-46(35-25-29-56-30-26-35)58-47(34-39)36-27-31-57-32-28-36)17-11-21-44(50)55(45)42-19-7-9-23-48(42)62-49-24-10-8-20-43(49)55/h1-7,9,11-34H,8,10H2. The zero-order valence-electron chi connectivity index (χ0n) is 33.5. The van der Waals surface area contributed by atoms with Gasteiger partial charge in [-0.05, 0) is 99.8 Å². The summed E-state index contributed by atoms with van der Waals surface area (Å²) in [6, 6.07) is 55.6. The van der Waals surface area contributed by atoms with Crippen molar-refractivity contribution in [3.05, 3.63) is 222 Å². The van der Waals surface area contributed by atoms with Crippen LogP contribution in [0.5, 0.6) is 0 Å². The van der Waals surface area contributed by atoms with E-state index in [0.29, 0.717) is 17.5 Å². The number of aromatic nitrogens is 6. The van der Waals surface area contributed by atoms with Crippen LogP contribution in [0.3, 0.4) is 0 Å². The van der Waals surface area contributed by atoms with Crippen LogP contribution in [-0.2, 0) is 5.41 Å². The van der Waals surface area contributed by atoms with E-state index in [-0.39, 0.29) is 0 Å². The Morgan fingerprint density at radius 1 is 0.403 bits per heavy atom. The molecular weight excluding hydrogens is 777 g/mol. The maximum Gasteiger partial charge on any atom is 0.164 e. The first-order chi connectivity index (χ1) is 30.7. The number of pyridine rings is 3. The van der Waals surface area contributed by atoms with Crippen LogP contribution in [0.2, 0.25) is 0 Å². The minimum atomic E-state index is -0.586. The zero-order chi connectivity index (χ0) is 41.0. The molecule has 1 atom stereocenters. The van der Waals surface area contributed by atoms with E-state index in [1.165, 1.54) is 37.6 Å². The number of rotatable bonds is 6. The van der Waals surface area contributed by atoms with Gasteiger partial charge in [0, 0.05) is 62.4 Å². The van der Waals surface area contributed by atoms with Gasteiger partial charge in [-0.2, -0.15) is 0 Å². The van der Waals surface area contributed by atoms with Gasteiger partial charge in [0.15, 0.2) is 17.5 Å². The minimum Gasteiger partial charge on any atom is -0.265 e. The molecule has 4 aromatic heterocycles.